The molecular weight excluding hydrogens is 354 g/mol. The van der Waals surface area contributed by atoms with Crippen molar-refractivity contribution in [3.8, 4) is 11.1 Å². The topological polar surface area (TPSA) is 38.3 Å². The van der Waals surface area contributed by atoms with Crippen molar-refractivity contribution in [2.75, 3.05) is 13.7 Å². The summed E-state index contributed by atoms with van der Waals surface area (Å²) in [6.07, 6.45) is 0. The normalized spacial score (nSPS) is 11.2. The summed E-state index contributed by atoms with van der Waals surface area (Å²) in [5.74, 6) is -0.244. The minimum atomic E-state index is -0.244. The molecule has 3 nitrogen and oxygen atoms in total. The van der Waals surface area contributed by atoms with Gasteiger partial charge in [-0.2, -0.15) is 0 Å². The lowest BCUT2D eigenvalue weighted by Gasteiger charge is -2.07. The summed E-state index contributed by atoms with van der Waals surface area (Å²) in [4.78, 5) is 13.5. The molecule has 0 spiro atoms. The molecule has 1 heterocycles. The highest BCUT2D eigenvalue weighted by atomic mass is 32.1. The summed E-state index contributed by atoms with van der Waals surface area (Å²) in [5, 5.41) is 6.58. The molecule has 3 aromatic carbocycles. The third kappa shape index (κ3) is 3.22. The van der Waals surface area contributed by atoms with Crippen LogP contribution in [0.4, 0.5) is 0 Å². The molecule has 0 atom stereocenters. The summed E-state index contributed by atoms with van der Waals surface area (Å²) in [6, 6.07) is 21.1. The molecule has 0 aliphatic rings. The van der Waals surface area contributed by atoms with Gasteiger partial charge < -0.3 is 10.1 Å². The number of rotatable bonds is 5. The maximum atomic E-state index is 12.5. The number of carbonyl (C=O) groups excluding carboxylic acids is 1. The van der Waals surface area contributed by atoms with E-state index in [0.29, 0.717) is 18.7 Å². The van der Waals surface area contributed by atoms with Gasteiger partial charge in [0.25, 0.3) is 0 Å². The lowest BCUT2D eigenvalue weighted by atomic mass is 9.97. The zero-order valence-corrected chi connectivity index (χ0v) is 16.2. The molecule has 0 saturated carbocycles. The molecule has 0 radical (unpaired) electrons. The molecule has 4 rings (SSSR count). The summed E-state index contributed by atoms with van der Waals surface area (Å²) >= 11 is 1.65. The number of benzene rings is 3. The second kappa shape index (κ2) is 7.51. The first-order valence-corrected chi connectivity index (χ1v) is 9.90. The van der Waals surface area contributed by atoms with Crippen molar-refractivity contribution in [2.45, 2.75) is 13.5 Å². The van der Waals surface area contributed by atoms with Gasteiger partial charge >= 0.3 is 5.97 Å². The van der Waals surface area contributed by atoms with Crippen molar-refractivity contribution in [1.82, 2.24) is 5.32 Å². The summed E-state index contributed by atoms with van der Waals surface area (Å²) in [7, 11) is 1.89. The van der Waals surface area contributed by atoms with Gasteiger partial charge in [0.1, 0.15) is 0 Å². The van der Waals surface area contributed by atoms with Crippen molar-refractivity contribution in [1.29, 1.82) is 0 Å². The second-order valence-electron chi connectivity index (χ2n) is 6.39. The van der Waals surface area contributed by atoms with E-state index in [4.69, 9.17) is 4.74 Å². The quantitative estimate of drug-likeness (QED) is 0.460. The first kappa shape index (κ1) is 17.7. The van der Waals surface area contributed by atoms with Crippen LogP contribution in [-0.2, 0) is 11.3 Å². The smallest absolute Gasteiger partial charge is 0.339 e. The number of hydrogen-bond donors (Lipinski definition) is 1. The molecule has 0 saturated heterocycles. The van der Waals surface area contributed by atoms with E-state index in [0.717, 1.165) is 20.5 Å². The summed E-state index contributed by atoms with van der Waals surface area (Å²) < 4.78 is 6.40. The Balaban J connectivity index is 1.89. The van der Waals surface area contributed by atoms with E-state index in [1.807, 2.05) is 20.0 Å². The number of nitrogens with one attached hydrogen (secondary N) is 1. The average molecular weight is 375 g/mol. The second-order valence-corrected chi connectivity index (χ2v) is 7.53. The Morgan fingerprint density at radius 2 is 1.85 bits per heavy atom. The number of ether oxygens (including phenoxy) is 1. The van der Waals surface area contributed by atoms with E-state index in [-0.39, 0.29) is 5.97 Å². The highest BCUT2D eigenvalue weighted by Gasteiger charge is 2.20. The lowest BCUT2D eigenvalue weighted by molar-refractivity contribution is 0.0528. The monoisotopic (exact) mass is 375 g/mol. The maximum Gasteiger partial charge on any atom is 0.339 e. The molecule has 0 aliphatic carbocycles. The first-order valence-electron chi connectivity index (χ1n) is 9.08. The Morgan fingerprint density at radius 1 is 1.04 bits per heavy atom. The standard InChI is InChI=1S/C23H21NO2S/c1-3-26-23(25)22-19-12-11-16(13-20(19)27-21(22)14-24-2)18-10-6-8-15-7-4-5-9-17(15)18/h4-13,24H,3,14H2,1-2H3. The van der Waals surface area contributed by atoms with E-state index in [9.17, 15) is 4.79 Å². The van der Waals surface area contributed by atoms with Gasteiger partial charge in [0.05, 0.1) is 12.2 Å². The Labute approximate surface area is 162 Å². The SMILES string of the molecule is CCOC(=O)c1c(CNC)sc2cc(-c3cccc4ccccc34)ccc12. The molecule has 0 aliphatic heterocycles. The van der Waals surface area contributed by atoms with Crippen LogP contribution in [0.15, 0.2) is 60.7 Å². The molecule has 27 heavy (non-hydrogen) atoms. The molecule has 0 amide bonds. The van der Waals surface area contributed by atoms with Crippen LogP contribution in [0.1, 0.15) is 22.2 Å². The molecule has 0 bridgehead atoms. The predicted octanol–water partition coefficient (Wildman–Crippen LogP) is 5.62. The van der Waals surface area contributed by atoms with E-state index in [1.165, 1.54) is 16.3 Å². The minimum Gasteiger partial charge on any atom is -0.462 e. The van der Waals surface area contributed by atoms with Crippen LogP contribution in [0, 0.1) is 0 Å². The predicted molar refractivity (Wildman–Crippen MR) is 113 cm³/mol. The van der Waals surface area contributed by atoms with Gasteiger partial charge in [-0.3, -0.25) is 0 Å². The van der Waals surface area contributed by atoms with E-state index >= 15 is 0 Å². The number of hydrogen-bond acceptors (Lipinski definition) is 4. The van der Waals surface area contributed by atoms with Crippen molar-refractivity contribution >= 4 is 38.2 Å². The number of thiophene rings is 1. The van der Waals surface area contributed by atoms with Crippen LogP contribution >= 0.6 is 11.3 Å². The van der Waals surface area contributed by atoms with Crippen LogP contribution in [0.3, 0.4) is 0 Å². The van der Waals surface area contributed by atoms with Crippen molar-refractivity contribution in [3.63, 3.8) is 0 Å². The van der Waals surface area contributed by atoms with Gasteiger partial charge in [0, 0.05) is 21.5 Å². The Hall–Kier alpha value is -2.69. The van der Waals surface area contributed by atoms with Crippen LogP contribution in [-0.4, -0.2) is 19.6 Å². The van der Waals surface area contributed by atoms with Crippen LogP contribution < -0.4 is 5.32 Å². The Bertz CT molecular complexity index is 1120. The highest BCUT2D eigenvalue weighted by Crippen LogP contribution is 2.37. The number of esters is 1. The van der Waals surface area contributed by atoms with E-state index in [1.54, 1.807) is 11.3 Å². The molecule has 1 N–H and O–H groups in total. The molecule has 136 valence electrons. The average Bonchev–Trinajstić information content (AvgIpc) is 3.05. The highest BCUT2D eigenvalue weighted by molar-refractivity contribution is 7.19. The number of fused-ring (bicyclic) bond motifs is 2. The molecule has 1 aromatic heterocycles. The fourth-order valence-electron chi connectivity index (χ4n) is 3.50. The van der Waals surface area contributed by atoms with Crippen molar-refractivity contribution in [3.05, 3.63) is 71.1 Å². The van der Waals surface area contributed by atoms with Crippen LogP contribution in [0.5, 0.6) is 0 Å². The summed E-state index contributed by atoms with van der Waals surface area (Å²) in [6.45, 7) is 2.86. The Kier molecular flexibility index (Phi) is 4.92. The van der Waals surface area contributed by atoms with Gasteiger partial charge in [-0.25, -0.2) is 4.79 Å². The van der Waals surface area contributed by atoms with Gasteiger partial charge in [0.15, 0.2) is 0 Å². The molecule has 0 unspecified atom stereocenters. The van der Waals surface area contributed by atoms with E-state index < -0.39 is 0 Å². The molecule has 4 aromatic rings. The van der Waals surface area contributed by atoms with Crippen molar-refractivity contribution in [2.24, 2.45) is 0 Å². The Morgan fingerprint density at radius 3 is 2.67 bits per heavy atom. The van der Waals surface area contributed by atoms with Gasteiger partial charge in [-0.15, -0.1) is 11.3 Å². The van der Waals surface area contributed by atoms with Crippen LogP contribution in [0.2, 0.25) is 0 Å². The molecule has 0 fully saturated rings. The third-order valence-corrected chi connectivity index (χ3v) is 5.83. The van der Waals surface area contributed by atoms with E-state index in [2.05, 4.69) is 59.9 Å². The van der Waals surface area contributed by atoms with Crippen LogP contribution in [0.25, 0.3) is 32.0 Å². The zero-order chi connectivity index (χ0) is 18.8. The van der Waals surface area contributed by atoms with Gasteiger partial charge in [-0.05, 0) is 41.9 Å². The molecule has 4 heteroatoms. The maximum absolute atomic E-state index is 12.5. The largest absolute Gasteiger partial charge is 0.462 e. The fraction of sp³-hybridized carbons (Fsp3) is 0.174. The van der Waals surface area contributed by atoms with Crippen molar-refractivity contribution < 1.29 is 9.53 Å². The lowest BCUT2D eigenvalue weighted by Crippen LogP contribution is -2.10. The zero-order valence-electron chi connectivity index (χ0n) is 15.4. The number of carbonyl (C=O) groups is 1. The van der Waals surface area contributed by atoms with Gasteiger partial charge in [0.2, 0.25) is 0 Å². The minimum absolute atomic E-state index is 0.244. The third-order valence-electron chi connectivity index (χ3n) is 4.68. The van der Waals surface area contributed by atoms with Gasteiger partial charge in [-0.1, -0.05) is 54.6 Å². The first-order chi connectivity index (χ1) is 13.2. The fourth-order valence-corrected chi connectivity index (χ4v) is 4.75. The summed E-state index contributed by atoms with van der Waals surface area (Å²) in [5.41, 5.74) is 3.05. The molecular formula is C23H21NO2S.